The fraction of sp³-hybridized carbons (Fsp3) is 0.286. The fourth-order valence-corrected chi connectivity index (χ4v) is 1.60. The highest BCUT2D eigenvalue weighted by atomic mass is 16.5. The SMILES string of the molecule is CCCOc1cc(NCc2ccccc2)nc(N)n1. The number of hydrogen-bond donors (Lipinski definition) is 2. The summed E-state index contributed by atoms with van der Waals surface area (Å²) in [6.07, 6.45) is 0.927. The van der Waals surface area contributed by atoms with Crippen molar-refractivity contribution in [3.8, 4) is 5.88 Å². The zero-order valence-electron chi connectivity index (χ0n) is 11.0. The summed E-state index contributed by atoms with van der Waals surface area (Å²) >= 11 is 0. The van der Waals surface area contributed by atoms with Crippen LogP contribution in [0.15, 0.2) is 36.4 Å². The Labute approximate surface area is 112 Å². The number of anilines is 2. The van der Waals surface area contributed by atoms with Gasteiger partial charge < -0.3 is 15.8 Å². The molecule has 0 spiro atoms. The molecule has 100 valence electrons. The largest absolute Gasteiger partial charge is 0.477 e. The van der Waals surface area contributed by atoms with Crippen molar-refractivity contribution in [1.82, 2.24) is 9.97 Å². The number of nitrogens with one attached hydrogen (secondary N) is 1. The zero-order valence-corrected chi connectivity index (χ0v) is 11.0. The van der Waals surface area contributed by atoms with Crippen LogP contribution in [-0.4, -0.2) is 16.6 Å². The van der Waals surface area contributed by atoms with Crippen LogP contribution in [0, 0.1) is 0 Å². The van der Waals surface area contributed by atoms with Crippen molar-refractivity contribution < 1.29 is 4.74 Å². The Hall–Kier alpha value is -2.30. The topological polar surface area (TPSA) is 73.1 Å². The second kappa shape index (κ2) is 6.58. The molecule has 0 aliphatic heterocycles. The highest BCUT2D eigenvalue weighted by Gasteiger charge is 2.03. The van der Waals surface area contributed by atoms with Crippen LogP contribution >= 0.6 is 0 Å². The molecule has 0 atom stereocenters. The van der Waals surface area contributed by atoms with Gasteiger partial charge in [-0.15, -0.1) is 0 Å². The number of hydrogen-bond acceptors (Lipinski definition) is 5. The lowest BCUT2D eigenvalue weighted by molar-refractivity contribution is 0.305. The molecule has 19 heavy (non-hydrogen) atoms. The molecule has 2 aromatic rings. The summed E-state index contributed by atoms with van der Waals surface area (Å²) in [5.74, 6) is 1.39. The van der Waals surface area contributed by atoms with E-state index < -0.39 is 0 Å². The molecule has 0 saturated heterocycles. The van der Waals surface area contributed by atoms with Crippen molar-refractivity contribution in [2.45, 2.75) is 19.9 Å². The van der Waals surface area contributed by atoms with E-state index >= 15 is 0 Å². The average molecular weight is 258 g/mol. The number of nitrogens with zero attached hydrogens (tertiary/aromatic N) is 2. The Morgan fingerprint density at radius 1 is 1.21 bits per heavy atom. The first-order valence-corrected chi connectivity index (χ1v) is 6.33. The van der Waals surface area contributed by atoms with Crippen LogP contribution in [0.2, 0.25) is 0 Å². The highest BCUT2D eigenvalue weighted by Crippen LogP contribution is 2.15. The van der Waals surface area contributed by atoms with Gasteiger partial charge in [0.2, 0.25) is 11.8 Å². The summed E-state index contributed by atoms with van der Waals surface area (Å²) in [6, 6.07) is 11.8. The fourth-order valence-electron chi connectivity index (χ4n) is 1.60. The highest BCUT2D eigenvalue weighted by molar-refractivity contribution is 5.43. The molecular formula is C14H18N4O. The van der Waals surface area contributed by atoms with Crippen molar-refractivity contribution in [3.63, 3.8) is 0 Å². The van der Waals surface area contributed by atoms with E-state index in [9.17, 15) is 0 Å². The first-order valence-electron chi connectivity index (χ1n) is 6.33. The van der Waals surface area contributed by atoms with Gasteiger partial charge in [-0.3, -0.25) is 0 Å². The molecule has 3 N–H and O–H groups in total. The number of aromatic nitrogens is 2. The first kappa shape index (κ1) is 13.1. The van der Waals surface area contributed by atoms with Crippen molar-refractivity contribution in [1.29, 1.82) is 0 Å². The molecule has 1 heterocycles. The van der Waals surface area contributed by atoms with E-state index in [-0.39, 0.29) is 5.95 Å². The van der Waals surface area contributed by atoms with E-state index in [0.717, 1.165) is 6.42 Å². The smallest absolute Gasteiger partial charge is 0.225 e. The van der Waals surface area contributed by atoms with Gasteiger partial charge in [-0.2, -0.15) is 9.97 Å². The Kier molecular flexibility index (Phi) is 4.55. The summed E-state index contributed by atoms with van der Waals surface area (Å²) in [4.78, 5) is 8.16. The van der Waals surface area contributed by atoms with Crippen molar-refractivity contribution in [2.24, 2.45) is 0 Å². The lowest BCUT2D eigenvalue weighted by Crippen LogP contribution is -2.06. The van der Waals surface area contributed by atoms with Crippen molar-refractivity contribution in [3.05, 3.63) is 42.0 Å². The Morgan fingerprint density at radius 3 is 2.74 bits per heavy atom. The number of ether oxygens (including phenoxy) is 1. The van der Waals surface area contributed by atoms with Gasteiger partial charge in [0.15, 0.2) is 0 Å². The molecule has 0 unspecified atom stereocenters. The predicted molar refractivity (Wildman–Crippen MR) is 76.0 cm³/mol. The van der Waals surface area contributed by atoms with Gasteiger partial charge in [0.05, 0.1) is 6.61 Å². The van der Waals surface area contributed by atoms with E-state index in [1.54, 1.807) is 6.07 Å². The molecule has 0 aliphatic carbocycles. The first-order chi connectivity index (χ1) is 9.28. The van der Waals surface area contributed by atoms with Crippen LogP contribution in [0.4, 0.5) is 11.8 Å². The van der Waals surface area contributed by atoms with Crippen molar-refractivity contribution in [2.75, 3.05) is 17.7 Å². The molecule has 5 heteroatoms. The molecule has 1 aromatic carbocycles. The third-order valence-corrected chi connectivity index (χ3v) is 2.49. The van der Waals surface area contributed by atoms with Crippen LogP contribution in [0.1, 0.15) is 18.9 Å². The molecule has 5 nitrogen and oxygen atoms in total. The quantitative estimate of drug-likeness (QED) is 0.832. The summed E-state index contributed by atoms with van der Waals surface area (Å²) < 4.78 is 5.46. The zero-order chi connectivity index (χ0) is 13.5. The lowest BCUT2D eigenvalue weighted by atomic mass is 10.2. The average Bonchev–Trinajstić information content (AvgIpc) is 2.43. The Balaban J connectivity index is 2.01. The minimum Gasteiger partial charge on any atom is -0.477 e. The van der Waals surface area contributed by atoms with Crippen molar-refractivity contribution >= 4 is 11.8 Å². The summed E-state index contributed by atoms with van der Waals surface area (Å²) in [5, 5.41) is 3.21. The van der Waals surface area contributed by atoms with E-state index in [1.807, 2.05) is 37.3 Å². The maximum absolute atomic E-state index is 5.66. The number of rotatable bonds is 6. The molecule has 0 saturated carbocycles. The Bertz CT molecular complexity index is 516. The standard InChI is InChI=1S/C14H18N4O/c1-2-8-19-13-9-12(17-14(15)18-13)16-10-11-6-4-3-5-7-11/h3-7,9H,2,8,10H2,1H3,(H3,15,16,17,18). The van der Waals surface area contributed by atoms with Crippen LogP contribution in [-0.2, 0) is 6.54 Å². The second-order valence-electron chi connectivity index (χ2n) is 4.14. The number of nitrogens with two attached hydrogens (primary N) is 1. The molecule has 0 amide bonds. The number of nitrogen functional groups attached to an aromatic ring is 1. The summed E-state index contributed by atoms with van der Waals surface area (Å²) in [5.41, 5.74) is 6.83. The summed E-state index contributed by atoms with van der Waals surface area (Å²) in [7, 11) is 0. The van der Waals surface area contributed by atoms with Gasteiger partial charge in [0.25, 0.3) is 0 Å². The molecule has 1 aromatic heterocycles. The normalized spacial score (nSPS) is 10.2. The van der Waals surface area contributed by atoms with Crippen LogP contribution in [0.5, 0.6) is 5.88 Å². The Morgan fingerprint density at radius 2 is 2.00 bits per heavy atom. The third-order valence-electron chi connectivity index (χ3n) is 2.49. The number of benzene rings is 1. The van der Waals surface area contributed by atoms with Gasteiger partial charge in [0, 0.05) is 12.6 Å². The molecule has 0 radical (unpaired) electrons. The van der Waals surface area contributed by atoms with Gasteiger partial charge >= 0.3 is 0 Å². The predicted octanol–water partition coefficient (Wildman–Crippen LogP) is 2.46. The van der Waals surface area contributed by atoms with Gasteiger partial charge in [-0.05, 0) is 12.0 Å². The second-order valence-corrected chi connectivity index (χ2v) is 4.14. The van der Waals surface area contributed by atoms with Crippen LogP contribution in [0.25, 0.3) is 0 Å². The van der Waals surface area contributed by atoms with Crippen LogP contribution in [0.3, 0.4) is 0 Å². The molecular weight excluding hydrogens is 240 g/mol. The maximum Gasteiger partial charge on any atom is 0.225 e. The molecule has 2 rings (SSSR count). The van der Waals surface area contributed by atoms with E-state index in [0.29, 0.717) is 24.8 Å². The minimum atomic E-state index is 0.212. The monoisotopic (exact) mass is 258 g/mol. The molecule has 0 aliphatic rings. The van der Waals surface area contributed by atoms with Crippen LogP contribution < -0.4 is 15.8 Å². The van der Waals surface area contributed by atoms with E-state index in [2.05, 4.69) is 15.3 Å². The molecule has 0 bridgehead atoms. The van der Waals surface area contributed by atoms with Gasteiger partial charge in [-0.25, -0.2) is 0 Å². The van der Waals surface area contributed by atoms with E-state index in [4.69, 9.17) is 10.5 Å². The third kappa shape index (κ3) is 4.13. The minimum absolute atomic E-state index is 0.212. The lowest BCUT2D eigenvalue weighted by Gasteiger charge is -2.09. The maximum atomic E-state index is 5.66. The van der Waals surface area contributed by atoms with Gasteiger partial charge in [0.1, 0.15) is 5.82 Å². The summed E-state index contributed by atoms with van der Waals surface area (Å²) in [6.45, 7) is 3.35. The molecule has 0 fully saturated rings. The van der Waals surface area contributed by atoms with Gasteiger partial charge in [-0.1, -0.05) is 37.3 Å². The van der Waals surface area contributed by atoms with E-state index in [1.165, 1.54) is 5.56 Å².